The molecule has 0 bridgehead atoms. The zero-order valence-corrected chi connectivity index (χ0v) is 15.5. The standard InChI is InChI=1S/C23H19NO5/c25-20(12-21(26)23(28)29)19-15-24(13-17-9-5-2-6-10-17)14-18(22(19)27)11-16-7-3-1-4-8-16/h1-10,12,14-15,25H,11,13H2,(H,28,29)/b20-12-. The van der Waals surface area contributed by atoms with Gasteiger partial charge in [0.15, 0.2) is 5.43 Å². The summed E-state index contributed by atoms with van der Waals surface area (Å²) >= 11 is 0. The summed E-state index contributed by atoms with van der Waals surface area (Å²) < 4.78 is 1.74. The monoisotopic (exact) mass is 389 g/mol. The molecule has 3 aromatic rings. The van der Waals surface area contributed by atoms with Crippen molar-refractivity contribution in [1.82, 2.24) is 4.57 Å². The summed E-state index contributed by atoms with van der Waals surface area (Å²) in [6, 6.07) is 18.9. The lowest BCUT2D eigenvalue weighted by Gasteiger charge is -2.12. The van der Waals surface area contributed by atoms with Gasteiger partial charge in [-0.2, -0.15) is 0 Å². The normalized spacial score (nSPS) is 11.2. The fourth-order valence-electron chi connectivity index (χ4n) is 2.97. The van der Waals surface area contributed by atoms with Gasteiger partial charge < -0.3 is 14.8 Å². The van der Waals surface area contributed by atoms with Crippen molar-refractivity contribution in [3.63, 3.8) is 0 Å². The van der Waals surface area contributed by atoms with Crippen LogP contribution < -0.4 is 5.43 Å². The minimum Gasteiger partial charge on any atom is -0.507 e. The molecule has 6 nitrogen and oxygen atoms in total. The van der Waals surface area contributed by atoms with E-state index in [1.165, 1.54) is 6.20 Å². The van der Waals surface area contributed by atoms with Crippen molar-refractivity contribution in [2.45, 2.75) is 13.0 Å². The highest BCUT2D eigenvalue weighted by atomic mass is 16.4. The summed E-state index contributed by atoms with van der Waals surface area (Å²) in [5.41, 5.74) is 1.75. The average Bonchev–Trinajstić information content (AvgIpc) is 2.71. The first-order chi connectivity index (χ1) is 13.9. The molecule has 0 spiro atoms. The smallest absolute Gasteiger partial charge is 0.376 e. The number of carboxylic acids is 1. The molecule has 0 aliphatic heterocycles. The van der Waals surface area contributed by atoms with Gasteiger partial charge in [-0.1, -0.05) is 60.7 Å². The van der Waals surface area contributed by atoms with E-state index in [0.717, 1.165) is 11.1 Å². The number of carbonyl (C=O) groups excluding carboxylic acids is 1. The van der Waals surface area contributed by atoms with Crippen molar-refractivity contribution < 1.29 is 19.8 Å². The number of ketones is 1. The van der Waals surface area contributed by atoms with Crippen molar-refractivity contribution in [3.8, 4) is 0 Å². The van der Waals surface area contributed by atoms with E-state index in [0.29, 0.717) is 24.6 Å². The van der Waals surface area contributed by atoms with Gasteiger partial charge in [0.2, 0.25) is 0 Å². The molecule has 0 saturated heterocycles. The maximum Gasteiger partial charge on any atom is 0.376 e. The number of aromatic nitrogens is 1. The summed E-state index contributed by atoms with van der Waals surface area (Å²) in [6.07, 6.45) is 4.02. The third-order valence-electron chi connectivity index (χ3n) is 4.35. The Kier molecular flexibility index (Phi) is 6.04. The molecule has 2 aromatic carbocycles. The highest BCUT2D eigenvalue weighted by Gasteiger charge is 2.16. The summed E-state index contributed by atoms with van der Waals surface area (Å²) in [4.78, 5) is 35.1. The lowest BCUT2D eigenvalue weighted by Crippen LogP contribution is -2.19. The molecule has 1 aromatic heterocycles. The molecule has 0 aliphatic rings. The Morgan fingerprint density at radius 3 is 2.03 bits per heavy atom. The van der Waals surface area contributed by atoms with Crippen LogP contribution in [0, 0.1) is 0 Å². The lowest BCUT2D eigenvalue weighted by molar-refractivity contribution is -0.146. The number of rotatable bonds is 7. The van der Waals surface area contributed by atoms with Gasteiger partial charge in [-0.3, -0.25) is 9.59 Å². The lowest BCUT2D eigenvalue weighted by atomic mass is 10.0. The molecule has 2 N–H and O–H groups in total. The largest absolute Gasteiger partial charge is 0.507 e. The van der Waals surface area contributed by atoms with Gasteiger partial charge in [-0.15, -0.1) is 0 Å². The number of aliphatic hydroxyl groups is 1. The zero-order valence-electron chi connectivity index (χ0n) is 15.5. The molecule has 0 saturated carbocycles. The van der Waals surface area contributed by atoms with E-state index in [9.17, 15) is 19.5 Å². The molecule has 0 unspecified atom stereocenters. The van der Waals surface area contributed by atoms with E-state index in [2.05, 4.69) is 0 Å². The molecule has 0 fully saturated rings. The van der Waals surface area contributed by atoms with E-state index >= 15 is 0 Å². The van der Waals surface area contributed by atoms with Gasteiger partial charge in [-0.05, 0) is 11.1 Å². The van der Waals surface area contributed by atoms with Crippen LogP contribution in [0.5, 0.6) is 0 Å². The van der Waals surface area contributed by atoms with E-state index < -0.39 is 22.9 Å². The van der Waals surface area contributed by atoms with Gasteiger partial charge in [0.25, 0.3) is 5.78 Å². The quantitative estimate of drug-likeness (QED) is 0.368. The van der Waals surface area contributed by atoms with E-state index in [1.807, 2.05) is 60.7 Å². The second kappa shape index (κ2) is 8.84. The molecule has 0 amide bonds. The highest BCUT2D eigenvalue weighted by molar-refractivity contribution is 6.38. The first kappa shape index (κ1) is 19.8. The van der Waals surface area contributed by atoms with Crippen LogP contribution in [0.2, 0.25) is 0 Å². The number of carboxylic acid groups (broad SMARTS) is 1. The van der Waals surface area contributed by atoms with Crippen LogP contribution in [0.4, 0.5) is 0 Å². The number of carbonyl (C=O) groups is 2. The van der Waals surface area contributed by atoms with Crippen LogP contribution in [0.15, 0.2) is 83.9 Å². The Balaban J connectivity index is 2.07. The van der Waals surface area contributed by atoms with Crippen LogP contribution in [0.1, 0.15) is 22.3 Å². The molecule has 29 heavy (non-hydrogen) atoms. The second-order valence-corrected chi connectivity index (χ2v) is 6.55. The maximum atomic E-state index is 12.9. The Hall–Kier alpha value is -3.93. The first-order valence-corrected chi connectivity index (χ1v) is 8.93. The first-order valence-electron chi connectivity index (χ1n) is 8.93. The van der Waals surface area contributed by atoms with Crippen molar-refractivity contribution in [2.75, 3.05) is 0 Å². The Bertz CT molecular complexity index is 1120. The number of pyridine rings is 1. The molecule has 1 heterocycles. The SMILES string of the molecule is O=C(O)C(=O)/C=C(\O)c1cn(Cc2ccccc2)cc(Cc2ccccc2)c1=O. The van der Waals surface area contributed by atoms with Gasteiger partial charge in [0.1, 0.15) is 5.76 Å². The molecule has 3 rings (SSSR count). The van der Waals surface area contributed by atoms with Gasteiger partial charge in [0.05, 0.1) is 5.56 Å². The van der Waals surface area contributed by atoms with Crippen molar-refractivity contribution in [3.05, 3.63) is 112 Å². The van der Waals surface area contributed by atoms with E-state index in [1.54, 1.807) is 10.8 Å². The number of benzene rings is 2. The predicted octanol–water partition coefficient (Wildman–Crippen LogP) is 3.04. The van der Waals surface area contributed by atoms with Crippen LogP contribution in [-0.4, -0.2) is 26.5 Å². The van der Waals surface area contributed by atoms with Crippen molar-refractivity contribution in [1.29, 1.82) is 0 Å². The summed E-state index contributed by atoms with van der Waals surface area (Å²) in [7, 11) is 0. The molecular formula is C23H19NO5. The Morgan fingerprint density at radius 2 is 1.45 bits per heavy atom. The fraction of sp³-hybridized carbons (Fsp3) is 0.0870. The van der Waals surface area contributed by atoms with E-state index in [4.69, 9.17) is 5.11 Å². The Morgan fingerprint density at radius 1 is 0.862 bits per heavy atom. The minimum atomic E-state index is -1.71. The Labute approximate surface area is 167 Å². The average molecular weight is 389 g/mol. The van der Waals surface area contributed by atoms with Crippen LogP contribution in [-0.2, 0) is 22.6 Å². The summed E-state index contributed by atoms with van der Waals surface area (Å²) in [6.45, 7) is 0.441. The minimum absolute atomic E-state index is 0.121. The third kappa shape index (κ3) is 5.07. The molecule has 6 heteroatoms. The molecule has 146 valence electrons. The van der Waals surface area contributed by atoms with Gasteiger partial charge >= 0.3 is 5.97 Å². The van der Waals surface area contributed by atoms with Crippen LogP contribution >= 0.6 is 0 Å². The number of aliphatic hydroxyl groups excluding tert-OH is 1. The fourth-order valence-corrected chi connectivity index (χ4v) is 2.97. The number of nitrogens with zero attached hydrogens (tertiary/aromatic N) is 1. The molecule has 0 radical (unpaired) electrons. The van der Waals surface area contributed by atoms with Gasteiger partial charge in [0, 0.05) is 37.0 Å². The van der Waals surface area contributed by atoms with Crippen LogP contribution in [0.25, 0.3) is 5.76 Å². The third-order valence-corrected chi connectivity index (χ3v) is 4.35. The molecule has 0 aliphatic carbocycles. The topological polar surface area (TPSA) is 96.6 Å². The van der Waals surface area contributed by atoms with Crippen molar-refractivity contribution >= 4 is 17.5 Å². The highest BCUT2D eigenvalue weighted by Crippen LogP contribution is 2.13. The number of hydrogen-bond donors (Lipinski definition) is 2. The zero-order chi connectivity index (χ0) is 20.8. The molecule has 0 atom stereocenters. The number of hydrogen-bond acceptors (Lipinski definition) is 4. The maximum absolute atomic E-state index is 12.9. The summed E-state index contributed by atoms with van der Waals surface area (Å²) in [5, 5.41) is 19.0. The van der Waals surface area contributed by atoms with E-state index in [-0.39, 0.29) is 5.56 Å². The number of aliphatic carboxylic acids is 1. The van der Waals surface area contributed by atoms with Gasteiger partial charge in [-0.25, -0.2) is 4.79 Å². The predicted molar refractivity (Wildman–Crippen MR) is 109 cm³/mol. The van der Waals surface area contributed by atoms with Crippen molar-refractivity contribution in [2.24, 2.45) is 0 Å². The molecular weight excluding hydrogens is 370 g/mol. The second-order valence-electron chi connectivity index (χ2n) is 6.55. The van der Waals surface area contributed by atoms with Crippen LogP contribution in [0.3, 0.4) is 0 Å². The summed E-state index contributed by atoms with van der Waals surface area (Å²) in [5.74, 6) is -3.68.